The number of hydrogen-bond acceptors (Lipinski definition) is 6. The summed E-state index contributed by atoms with van der Waals surface area (Å²) < 4.78 is 1.13. The van der Waals surface area contributed by atoms with Gasteiger partial charge in [-0.1, -0.05) is 13.8 Å². The minimum absolute atomic E-state index is 0.308. The fourth-order valence-electron chi connectivity index (χ4n) is 1.93. The lowest BCUT2D eigenvalue weighted by molar-refractivity contribution is 0.817. The van der Waals surface area contributed by atoms with Crippen LogP contribution >= 0.6 is 11.3 Å². The van der Waals surface area contributed by atoms with Crippen molar-refractivity contribution >= 4 is 27.4 Å². The number of nitrogens with one attached hydrogen (secondary N) is 1. The molecule has 3 aromatic heterocycles. The lowest BCUT2D eigenvalue weighted by Gasteiger charge is -2.09. The number of rotatable bonds is 3. The molecule has 0 saturated carbocycles. The fourth-order valence-corrected chi connectivity index (χ4v) is 2.71. The van der Waals surface area contributed by atoms with Crippen LogP contribution in [0.25, 0.3) is 21.6 Å². The number of thiophene rings is 1. The molecule has 0 aliphatic carbocycles. The molecular formula is C14H15N5S. The first-order valence-electron chi connectivity index (χ1n) is 6.36. The van der Waals surface area contributed by atoms with E-state index in [2.05, 4.69) is 40.3 Å². The van der Waals surface area contributed by atoms with Gasteiger partial charge >= 0.3 is 0 Å². The van der Waals surface area contributed by atoms with Crippen LogP contribution in [0.4, 0.5) is 5.82 Å². The Morgan fingerprint density at radius 3 is 2.85 bits per heavy atom. The predicted octanol–water partition coefficient (Wildman–Crippen LogP) is 3.16. The molecule has 0 bridgehead atoms. The van der Waals surface area contributed by atoms with Crippen molar-refractivity contribution in [3.05, 3.63) is 35.5 Å². The van der Waals surface area contributed by atoms with Crippen LogP contribution in [0, 0.1) is 0 Å². The minimum Gasteiger partial charge on any atom is -0.308 e. The molecule has 3 rings (SSSR count). The van der Waals surface area contributed by atoms with Crippen LogP contribution in [-0.2, 0) is 0 Å². The number of anilines is 1. The van der Waals surface area contributed by atoms with Crippen LogP contribution in [0.1, 0.15) is 25.5 Å². The van der Waals surface area contributed by atoms with E-state index in [1.54, 1.807) is 17.5 Å². The van der Waals surface area contributed by atoms with Gasteiger partial charge in [-0.3, -0.25) is 4.98 Å². The van der Waals surface area contributed by atoms with E-state index in [0.717, 1.165) is 21.5 Å². The normalized spacial score (nSPS) is 11.2. The molecule has 0 fully saturated rings. The van der Waals surface area contributed by atoms with Gasteiger partial charge < -0.3 is 5.43 Å². The van der Waals surface area contributed by atoms with Gasteiger partial charge in [0.2, 0.25) is 0 Å². The summed E-state index contributed by atoms with van der Waals surface area (Å²) in [6.07, 6.45) is 1.80. The Morgan fingerprint density at radius 2 is 2.10 bits per heavy atom. The predicted molar refractivity (Wildman–Crippen MR) is 82.5 cm³/mol. The molecule has 0 unspecified atom stereocenters. The van der Waals surface area contributed by atoms with Gasteiger partial charge in [0.1, 0.15) is 5.82 Å². The van der Waals surface area contributed by atoms with Gasteiger partial charge in [-0.25, -0.2) is 15.8 Å². The lowest BCUT2D eigenvalue weighted by Crippen LogP contribution is -2.11. The number of hydrazine groups is 1. The van der Waals surface area contributed by atoms with Crippen molar-refractivity contribution in [2.45, 2.75) is 19.8 Å². The number of fused-ring (bicyclic) bond motifs is 1. The molecule has 20 heavy (non-hydrogen) atoms. The molecule has 0 radical (unpaired) electrons. The molecule has 6 heteroatoms. The zero-order chi connectivity index (χ0) is 14.1. The van der Waals surface area contributed by atoms with Crippen molar-refractivity contribution in [3.63, 3.8) is 0 Å². The molecule has 0 spiro atoms. The zero-order valence-corrected chi connectivity index (χ0v) is 12.1. The largest absolute Gasteiger partial charge is 0.308 e. The van der Waals surface area contributed by atoms with E-state index in [1.807, 2.05) is 17.5 Å². The minimum atomic E-state index is 0.308. The number of nitrogens with two attached hydrogens (primary N) is 1. The SMILES string of the molecule is CC(C)c1cc(NN)nc(-c2cnc3ccsc3c2)n1. The molecule has 0 saturated heterocycles. The summed E-state index contributed by atoms with van der Waals surface area (Å²) in [7, 11) is 0. The third kappa shape index (κ3) is 2.35. The Hall–Kier alpha value is -2.05. The summed E-state index contributed by atoms with van der Waals surface area (Å²) >= 11 is 1.66. The second-order valence-corrected chi connectivity index (χ2v) is 5.78. The molecule has 0 aliphatic rings. The van der Waals surface area contributed by atoms with Crippen molar-refractivity contribution in [1.82, 2.24) is 15.0 Å². The highest BCUT2D eigenvalue weighted by Gasteiger charge is 2.10. The van der Waals surface area contributed by atoms with Crippen LogP contribution in [-0.4, -0.2) is 15.0 Å². The van der Waals surface area contributed by atoms with Gasteiger partial charge in [-0.2, -0.15) is 0 Å². The first-order valence-corrected chi connectivity index (χ1v) is 7.24. The van der Waals surface area contributed by atoms with Gasteiger partial charge in [0.15, 0.2) is 5.82 Å². The molecule has 3 aromatic rings. The van der Waals surface area contributed by atoms with Crippen molar-refractivity contribution in [1.29, 1.82) is 0 Å². The highest BCUT2D eigenvalue weighted by atomic mass is 32.1. The van der Waals surface area contributed by atoms with E-state index in [9.17, 15) is 0 Å². The van der Waals surface area contributed by atoms with Crippen LogP contribution in [0.5, 0.6) is 0 Å². The first kappa shape index (κ1) is 13.0. The topological polar surface area (TPSA) is 76.7 Å². The van der Waals surface area contributed by atoms with Crippen molar-refractivity contribution in [2.24, 2.45) is 5.84 Å². The van der Waals surface area contributed by atoms with E-state index < -0.39 is 0 Å². The molecule has 5 nitrogen and oxygen atoms in total. The zero-order valence-electron chi connectivity index (χ0n) is 11.3. The smallest absolute Gasteiger partial charge is 0.163 e. The summed E-state index contributed by atoms with van der Waals surface area (Å²) in [5, 5.41) is 2.03. The second-order valence-electron chi connectivity index (χ2n) is 4.83. The van der Waals surface area contributed by atoms with Gasteiger partial charge in [0, 0.05) is 23.5 Å². The standard InChI is InChI=1S/C14H15N5S/c1-8(2)11-6-13(19-15)18-14(17-11)9-5-12-10(16-7-9)3-4-20-12/h3-8H,15H2,1-2H3,(H,17,18,19). The molecular weight excluding hydrogens is 270 g/mol. The monoisotopic (exact) mass is 285 g/mol. The van der Waals surface area contributed by atoms with E-state index in [1.165, 1.54) is 0 Å². The first-order chi connectivity index (χ1) is 9.67. The van der Waals surface area contributed by atoms with Crippen LogP contribution in [0.15, 0.2) is 29.8 Å². The fraction of sp³-hybridized carbons (Fsp3) is 0.214. The van der Waals surface area contributed by atoms with Crippen molar-refractivity contribution in [3.8, 4) is 11.4 Å². The summed E-state index contributed by atoms with van der Waals surface area (Å²) in [6.45, 7) is 4.18. The number of hydrogen-bond donors (Lipinski definition) is 2. The Morgan fingerprint density at radius 1 is 1.25 bits per heavy atom. The summed E-state index contributed by atoms with van der Waals surface area (Å²) in [6, 6.07) is 5.93. The van der Waals surface area contributed by atoms with Crippen LogP contribution < -0.4 is 11.3 Å². The molecule has 3 N–H and O–H groups in total. The molecule has 0 atom stereocenters. The quantitative estimate of drug-likeness (QED) is 0.571. The highest BCUT2D eigenvalue weighted by molar-refractivity contribution is 7.17. The number of aromatic nitrogens is 3. The Balaban J connectivity index is 2.14. The maximum absolute atomic E-state index is 5.49. The molecule has 0 aromatic carbocycles. The second kappa shape index (κ2) is 5.15. The summed E-state index contributed by atoms with van der Waals surface area (Å²) in [4.78, 5) is 13.4. The Kier molecular flexibility index (Phi) is 3.33. The van der Waals surface area contributed by atoms with Gasteiger partial charge in [0.25, 0.3) is 0 Å². The maximum Gasteiger partial charge on any atom is 0.163 e. The van der Waals surface area contributed by atoms with E-state index in [4.69, 9.17) is 5.84 Å². The van der Waals surface area contributed by atoms with E-state index in [-0.39, 0.29) is 0 Å². The number of nitrogens with zero attached hydrogens (tertiary/aromatic N) is 3. The van der Waals surface area contributed by atoms with Gasteiger partial charge in [-0.15, -0.1) is 11.3 Å². The lowest BCUT2D eigenvalue weighted by atomic mass is 10.1. The average Bonchev–Trinajstić information content (AvgIpc) is 2.94. The Bertz CT molecular complexity index is 750. The maximum atomic E-state index is 5.49. The summed E-state index contributed by atoms with van der Waals surface area (Å²) in [5.74, 6) is 7.05. The van der Waals surface area contributed by atoms with Crippen LogP contribution in [0.2, 0.25) is 0 Å². The van der Waals surface area contributed by atoms with Gasteiger partial charge in [0.05, 0.1) is 10.2 Å². The van der Waals surface area contributed by atoms with E-state index in [0.29, 0.717) is 17.6 Å². The number of nitrogen functional groups attached to an aromatic ring is 1. The van der Waals surface area contributed by atoms with E-state index >= 15 is 0 Å². The van der Waals surface area contributed by atoms with Crippen molar-refractivity contribution < 1.29 is 0 Å². The van der Waals surface area contributed by atoms with Gasteiger partial charge in [-0.05, 0) is 23.4 Å². The molecule has 0 amide bonds. The molecule has 102 valence electrons. The van der Waals surface area contributed by atoms with Crippen molar-refractivity contribution in [2.75, 3.05) is 5.43 Å². The summed E-state index contributed by atoms with van der Waals surface area (Å²) in [5.41, 5.74) is 5.45. The van der Waals surface area contributed by atoms with Crippen LogP contribution in [0.3, 0.4) is 0 Å². The molecule has 0 aliphatic heterocycles. The Labute approximate surface area is 120 Å². The number of pyridine rings is 1. The third-order valence-corrected chi connectivity index (χ3v) is 3.90. The molecule has 3 heterocycles. The third-order valence-electron chi connectivity index (χ3n) is 3.05. The highest BCUT2D eigenvalue weighted by Crippen LogP contribution is 2.26. The average molecular weight is 285 g/mol.